The number of nitrogens with two attached hydrogens (primary N) is 1. The number of halogens is 1. The maximum Gasteiger partial charge on any atom is 0.0483 e. The van der Waals surface area contributed by atoms with Gasteiger partial charge in [-0.3, -0.25) is 0 Å². The van der Waals surface area contributed by atoms with E-state index in [0.29, 0.717) is 5.92 Å². The molecule has 1 aliphatic rings. The molecule has 0 aliphatic heterocycles. The Bertz CT molecular complexity index is 958. The van der Waals surface area contributed by atoms with E-state index in [-0.39, 0.29) is 12.4 Å². The van der Waals surface area contributed by atoms with Crippen LogP contribution in [0.4, 0.5) is 0 Å². The van der Waals surface area contributed by atoms with Crippen LogP contribution in [0.2, 0.25) is 0 Å². The van der Waals surface area contributed by atoms with E-state index in [1.165, 1.54) is 59.7 Å². The highest BCUT2D eigenvalue weighted by molar-refractivity contribution is 5.85. The van der Waals surface area contributed by atoms with Crippen molar-refractivity contribution in [3.05, 3.63) is 71.4 Å². The van der Waals surface area contributed by atoms with Crippen molar-refractivity contribution in [2.24, 2.45) is 11.7 Å². The second-order valence-corrected chi connectivity index (χ2v) is 9.41. The zero-order chi connectivity index (χ0) is 21.5. The van der Waals surface area contributed by atoms with E-state index < -0.39 is 0 Å². The largest absolute Gasteiger partial charge is 0.347 e. The summed E-state index contributed by atoms with van der Waals surface area (Å²) >= 11 is 0. The monoisotopic (exact) mass is 453 g/mol. The Hall–Kier alpha value is -1.81. The number of para-hydroxylation sites is 1. The molecular weight excluding hydrogens is 414 g/mol. The molecule has 1 fully saturated rings. The van der Waals surface area contributed by atoms with Gasteiger partial charge in [0.1, 0.15) is 0 Å². The topological polar surface area (TPSA) is 43.0 Å². The fraction of sp³-hybridized carbons (Fsp3) is 0.500. The lowest BCUT2D eigenvalue weighted by atomic mass is 9.87. The number of aromatic nitrogens is 1. The fourth-order valence-electron chi connectivity index (χ4n) is 5.34. The lowest BCUT2D eigenvalue weighted by Crippen LogP contribution is -2.21. The van der Waals surface area contributed by atoms with Gasteiger partial charge in [-0.05, 0) is 75.4 Å². The average Bonchev–Trinajstić information content (AvgIpc) is 3.15. The summed E-state index contributed by atoms with van der Waals surface area (Å²) in [6.07, 6.45) is 11.6. The third kappa shape index (κ3) is 6.15. The molecule has 4 heteroatoms. The van der Waals surface area contributed by atoms with Gasteiger partial charge in [0.15, 0.2) is 0 Å². The van der Waals surface area contributed by atoms with E-state index in [9.17, 15) is 0 Å². The van der Waals surface area contributed by atoms with Crippen molar-refractivity contribution in [2.45, 2.75) is 64.3 Å². The van der Waals surface area contributed by atoms with Crippen LogP contribution < -0.4 is 11.1 Å². The number of fused-ring (bicyclic) bond motifs is 1. The summed E-state index contributed by atoms with van der Waals surface area (Å²) in [7, 11) is 0. The van der Waals surface area contributed by atoms with Crippen molar-refractivity contribution >= 4 is 23.3 Å². The van der Waals surface area contributed by atoms with E-state index >= 15 is 0 Å². The summed E-state index contributed by atoms with van der Waals surface area (Å²) in [6.45, 7) is 6.13. The fourth-order valence-corrected chi connectivity index (χ4v) is 5.34. The Morgan fingerprint density at radius 3 is 2.62 bits per heavy atom. The van der Waals surface area contributed by atoms with E-state index in [2.05, 4.69) is 71.5 Å². The zero-order valence-electron chi connectivity index (χ0n) is 19.6. The molecule has 0 saturated heterocycles. The van der Waals surface area contributed by atoms with Gasteiger partial charge in [-0.25, -0.2) is 0 Å². The molecule has 4 rings (SSSR count). The van der Waals surface area contributed by atoms with Crippen molar-refractivity contribution in [3.63, 3.8) is 0 Å². The Kier molecular flexibility index (Phi) is 9.65. The number of rotatable bonds is 10. The van der Waals surface area contributed by atoms with Crippen molar-refractivity contribution in [1.29, 1.82) is 0 Å². The predicted molar refractivity (Wildman–Crippen MR) is 140 cm³/mol. The molecule has 0 amide bonds. The molecule has 3 nitrogen and oxygen atoms in total. The highest BCUT2D eigenvalue weighted by Crippen LogP contribution is 2.36. The normalized spacial score (nSPS) is 15.6. The number of nitrogens with one attached hydrogen (secondary N) is 1. The average molecular weight is 454 g/mol. The Labute approximate surface area is 200 Å². The molecule has 1 unspecified atom stereocenters. The van der Waals surface area contributed by atoms with Crippen LogP contribution in [0, 0.1) is 12.8 Å². The Morgan fingerprint density at radius 2 is 1.84 bits per heavy atom. The molecule has 1 aliphatic carbocycles. The van der Waals surface area contributed by atoms with Gasteiger partial charge in [0.25, 0.3) is 0 Å². The van der Waals surface area contributed by atoms with Crippen LogP contribution >= 0.6 is 12.4 Å². The molecule has 1 saturated carbocycles. The Morgan fingerprint density at radius 1 is 1.03 bits per heavy atom. The first kappa shape index (κ1) is 24.8. The van der Waals surface area contributed by atoms with E-state index in [4.69, 9.17) is 5.73 Å². The van der Waals surface area contributed by atoms with Crippen molar-refractivity contribution < 1.29 is 0 Å². The molecule has 0 spiro atoms. The third-order valence-corrected chi connectivity index (χ3v) is 6.99. The predicted octanol–water partition coefficient (Wildman–Crippen LogP) is 6.41. The van der Waals surface area contributed by atoms with Crippen LogP contribution in [0.1, 0.15) is 67.6 Å². The van der Waals surface area contributed by atoms with Gasteiger partial charge < -0.3 is 15.6 Å². The molecule has 0 bridgehead atoms. The quantitative estimate of drug-likeness (QED) is 0.348. The second-order valence-electron chi connectivity index (χ2n) is 9.41. The lowest BCUT2D eigenvalue weighted by molar-refractivity contribution is 0.322. The van der Waals surface area contributed by atoms with Gasteiger partial charge in [-0.2, -0.15) is 0 Å². The molecular formula is C28H40ClN3. The van der Waals surface area contributed by atoms with E-state index in [0.717, 1.165) is 44.9 Å². The molecule has 3 N–H and O–H groups in total. The molecule has 0 radical (unpaired) electrons. The standard InChI is InChI=1S/C28H39N3.ClH/c1-22-9-7-12-24(19-22)25(15-18-30-17-8-16-29)27-21-31(20-23-10-3-2-4-11-23)28-14-6-5-13-26(27)28;/h5-7,9,12-14,19,21,23,25,30H,2-4,8,10-11,15-18,20,29H2,1H3;1H. The zero-order valence-corrected chi connectivity index (χ0v) is 20.4. The van der Waals surface area contributed by atoms with Crippen LogP contribution in [-0.2, 0) is 6.54 Å². The molecule has 1 atom stereocenters. The highest BCUT2D eigenvalue weighted by Gasteiger charge is 2.21. The van der Waals surface area contributed by atoms with Gasteiger partial charge in [0, 0.05) is 29.6 Å². The summed E-state index contributed by atoms with van der Waals surface area (Å²) < 4.78 is 2.56. The molecule has 1 heterocycles. The second kappa shape index (κ2) is 12.4. The van der Waals surface area contributed by atoms with Crippen molar-refractivity contribution in [3.8, 4) is 0 Å². The minimum Gasteiger partial charge on any atom is -0.347 e. The van der Waals surface area contributed by atoms with Crippen LogP contribution in [0.5, 0.6) is 0 Å². The van der Waals surface area contributed by atoms with Crippen LogP contribution in [-0.4, -0.2) is 24.2 Å². The highest BCUT2D eigenvalue weighted by atomic mass is 35.5. The molecule has 3 aromatic rings. The first-order chi connectivity index (χ1) is 15.3. The number of hydrogen-bond acceptors (Lipinski definition) is 2. The number of benzene rings is 2. The minimum atomic E-state index is 0. The third-order valence-electron chi connectivity index (χ3n) is 6.99. The summed E-state index contributed by atoms with van der Waals surface area (Å²) in [4.78, 5) is 0. The number of aryl methyl sites for hydroxylation is 1. The van der Waals surface area contributed by atoms with Gasteiger partial charge in [-0.15, -0.1) is 12.4 Å². The maximum atomic E-state index is 5.67. The smallest absolute Gasteiger partial charge is 0.0483 e. The molecule has 1 aromatic heterocycles. The number of nitrogens with zero attached hydrogens (tertiary/aromatic N) is 1. The summed E-state index contributed by atoms with van der Waals surface area (Å²) in [5.41, 5.74) is 11.3. The van der Waals surface area contributed by atoms with Gasteiger partial charge in [-0.1, -0.05) is 67.3 Å². The molecule has 174 valence electrons. The van der Waals surface area contributed by atoms with Gasteiger partial charge in [0.2, 0.25) is 0 Å². The summed E-state index contributed by atoms with van der Waals surface area (Å²) in [5, 5.41) is 5.03. The maximum absolute atomic E-state index is 5.67. The van der Waals surface area contributed by atoms with Crippen LogP contribution in [0.3, 0.4) is 0 Å². The first-order valence-electron chi connectivity index (χ1n) is 12.3. The summed E-state index contributed by atoms with van der Waals surface area (Å²) in [5.74, 6) is 1.23. The molecule has 32 heavy (non-hydrogen) atoms. The van der Waals surface area contributed by atoms with E-state index in [1.54, 1.807) is 0 Å². The first-order valence-corrected chi connectivity index (χ1v) is 12.3. The lowest BCUT2D eigenvalue weighted by Gasteiger charge is -2.22. The van der Waals surface area contributed by atoms with Gasteiger partial charge in [0.05, 0.1) is 0 Å². The van der Waals surface area contributed by atoms with Gasteiger partial charge >= 0.3 is 0 Å². The number of hydrogen-bond donors (Lipinski definition) is 2. The summed E-state index contributed by atoms with van der Waals surface area (Å²) in [6, 6.07) is 18.1. The Balaban J connectivity index is 0.00000289. The van der Waals surface area contributed by atoms with Crippen LogP contribution in [0.25, 0.3) is 10.9 Å². The van der Waals surface area contributed by atoms with Crippen molar-refractivity contribution in [1.82, 2.24) is 9.88 Å². The molecule has 2 aromatic carbocycles. The SMILES string of the molecule is Cc1cccc(C(CCNCCCN)c2cn(CC3CCCCC3)c3ccccc23)c1.Cl. The van der Waals surface area contributed by atoms with Crippen LogP contribution in [0.15, 0.2) is 54.7 Å². The van der Waals surface area contributed by atoms with E-state index in [1.807, 2.05) is 0 Å². The van der Waals surface area contributed by atoms with Crippen molar-refractivity contribution in [2.75, 3.05) is 19.6 Å². The minimum absolute atomic E-state index is 0.